The van der Waals surface area contributed by atoms with E-state index in [0.29, 0.717) is 11.4 Å². The summed E-state index contributed by atoms with van der Waals surface area (Å²) in [6, 6.07) is 14.8. The maximum absolute atomic E-state index is 13.1. The minimum absolute atomic E-state index is 0.00128. The lowest BCUT2D eigenvalue weighted by Gasteiger charge is -2.25. The van der Waals surface area contributed by atoms with Gasteiger partial charge in [0.15, 0.2) is 0 Å². The summed E-state index contributed by atoms with van der Waals surface area (Å²) >= 11 is 6.38. The Bertz CT molecular complexity index is 985. The number of carbonyl (C=O) groups is 2. The van der Waals surface area contributed by atoms with Crippen LogP contribution in [-0.4, -0.2) is 48.1 Å². The first kappa shape index (κ1) is 20.4. The van der Waals surface area contributed by atoms with Gasteiger partial charge in [-0.2, -0.15) is 5.10 Å². The molecule has 156 valence electrons. The molecule has 1 unspecified atom stereocenters. The second-order valence-electron chi connectivity index (χ2n) is 7.73. The van der Waals surface area contributed by atoms with Crippen molar-refractivity contribution in [3.8, 4) is 5.75 Å². The topological polar surface area (TPSA) is 62.2 Å². The van der Waals surface area contributed by atoms with Crippen molar-refractivity contribution in [2.45, 2.75) is 25.3 Å². The van der Waals surface area contributed by atoms with Gasteiger partial charge in [-0.25, -0.2) is 5.01 Å². The third kappa shape index (κ3) is 4.19. The highest BCUT2D eigenvalue weighted by atomic mass is 35.5. The van der Waals surface area contributed by atoms with Crippen LogP contribution in [0.4, 0.5) is 0 Å². The molecule has 6 nitrogen and oxygen atoms in total. The van der Waals surface area contributed by atoms with E-state index < -0.39 is 0 Å². The molecule has 0 spiro atoms. The highest BCUT2D eigenvalue weighted by Gasteiger charge is 2.36. The minimum atomic E-state index is -0.265. The summed E-state index contributed by atoms with van der Waals surface area (Å²) in [7, 11) is 3.29. The molecule has 30 heavy (non-hydrogen) atoms. The van der Waals surface area contributed by atoms with Gasteiger partial charge in [0.2, 0.25) is 5.91 Å². The number of halogens is 1. The largest absolute Gasteiger partial charge is 0.497 e. The van der Waals surface area contributed by atoms with Crippen LogP contribution in [0.3, 0.4) is 0 Å². The Labute approximate surface area is 181 Å². The van der Waals surface area contributed by atoms with Crippen LogP contribution in [0, 0.1) is 5.92 Å². The zero-order chi connectivity index (χ0) is 21.3. The molecule has 0 aromatic heterocycles. The lowest BCUT2D eigenvalue weighted by atomic mass is 9.98. The summed E-state index contributed by atoms with van der Waals surface area (Å²) in [6.45, 7) is 0.00128. The van der Waals surface area contributed by atoms with Crippen molar-refractivity contribution >= 4 is 29.1 Å². The molecular weight excluding hydrogens is 402 g/mol. The monoisotopic (exact) mass is 425 g/mol. The zero-order valence-corrected chi connectivity index (χ0v) is 17.8. The highest BCUT2D eigenvalue weighted by Crippen LogP contribution is 2.35. The van der Waals surface area contributed by atoms with E-state index in [1.165, 1.54) is 9.91 Å². The van der Waals surface area contributed by atoms with Crippen molar-refractivity contribution in [3.05, 3.63) is 64.7 Å². The van der Waals surface area contributed by atoms with E-state index in [2.05, 4.69) is 5.10 Å². The molecule has 1 saturated carbocycles. The molecule has 0 radical (unpaired) electrons. The fraction of sp³-hybridized carbons (Fsp3) is 0.348. The summed E-state index contributed by atoms with van der Waals surface area (Å²) in [5.41, 5.74) is 2.52. The van der Waals surface area contributed by atoms with E-state index in [-0.39, 0.29) is 30.3 Å². The SMILES string of the molecule is COc1ccc(C2CC(c3ccccc3Cl)=NN2C(=O)CN(C)C(=O)C2CC2)cc1. The predicted octanol–water partition coefficient (Wildman–Crippen LogP) is 3.89. The van der Waals surface area contributed by atoms with Crippen molar-refractivity contribution in [3.63, 3.8) is 0 Å². The van der Waals surface area contributed by atoms with E-state index in [0.717, 1.165) is 35.4 Å². The van der Waals surface area contributed by atoms with Gasteiger partial charge in [0, 0.05) is 30.0 Å². The van der Waals surface area contributed by atoms with Crippen LogP contribution >= 0.6 is 11.6 Å². The van der Waals surface area contributed by atoms with Gasteiger partial charge in [0.1, 0.15) is 12.3 Å². The van der Waals surface area contributed by atoms with Gasteiger partial charge in [-0.1, -0.05) is 41.9 Å². The van der Waals surface area contributed by atoms with Crippen LogP contribution in [0.15, 0.2) is 53.6 Å². The number of carbonyl (C=O) groups excluding carboxylic acids is 2. The smallest absolute Gasteiger partial charge is 0.262 e. The highest BCUT2D eigenvalue weighted by molar-refractivity contribution is 6.34. The lowest BCUT2D eigenvalue weighted by Crippen LogP contribution is -2.39. The molecule has 0 saturated heterocycles. The van der Waals surface area contributed by atoms with Gasteiger partial charge in [-0.3, -0.25) is 9.59 Å². The third-order valence-electron chi connectivity index (χ3n) is 5.53. The maximum Gasteiger partial charge on any atom is 0.262 e. The summed E-state index contributed by atoms with van der Waals surface area (Å²) in [4.78, 5) is 26.9. The van der Waals surface area contributed by atoms with Gasteiger partial charge < -0.3 is 9.64 Å². The van der Waals surface area contributed by atoms with Gasteiger partial charge in [0.05, 0.1) is 18.9 Å². The summed E-state index contributed by atoms with van der Waals surface area (Å²) in [5, 5.41) is 6.73. The van der Waals surface area contributed by atoms with Gasteiger partial charge in [0.25, 0.3) is 5.91 Å². The molecule has 0 N–H and O–H groups in total. The molecule has 4 rings (SSSR count). The molecule has 1 fully saturated rings. The fourth-order valence-corrected chi connectivity index (χ4v) is 3.92. The number of hydrogen-bond donors (Lipinski definition) is 0. The lowest BCUT2D eigenvalue weighted by molar-refractivity contribution is -0.141. The van der Waals surface area contributed by atoms with Gasteiger partial charge in [-0.05, 0) is 36.6 Å². The second kappa shape index (κ2) is 8.48. The Morgan fingerprint density at radius 2 is 1.87 bits per heavy atom. The molecule has 1 heterocycles. The number of rotatable bonds is 6. The van der Waals surface area contributed by atoms with Gasteiger partial charge in [-0.15, -0.1) is 0 Å². The van der Waals surface area contributed by atoms with Crippen LogP contribution in [-0.2, 0) is 9.59 Å². The van der Waals surface area contributed by atoms with E-state index in [1.54, 1.807) is 14.2 Å². The number of nitrogens with zero attached hydrogens (tertiary/aromatic N) is 3. The average molecular weight is 426 g/mol. The molecule has 2 aliphatic rings. The van der Waals surface area contributed by atoms with E-state index in [9.17, 15) is 9.59 Å². The Morgan fingerprint density at radius 1 is 1.17 bits per heavy atom. The van der Waals surface area contributed by atoms with E-state index >= 15 is 0 Å². The van der Waals surface area contributed by atoms with Crippen LogP contribution in [0.2, 0.25) is 5.02 Å². The maximum atomic E-state index is 13.1. The number of benzene rings is 2. The third-order valence-corrected chi connectivity index (χ3v) is 5.86. The molecule has 1 aliphatic carbocycles. The Morgan fingerprint density at radius 3 is 2.50 bits per heavy atom. The first-order valence-electron chi connectivity index (χ1n) is 10.0. The second-order valence-corrected chi connectivity index (χ2v) is 8.13. The minimum Gasteiger partial charge on any atom is -0.497 e. The number of methoxy groups -OCH3 is 1. The van der Waals surface area contributed by atoms with Crippen molar-refractivity contribution in [1.29, 1.82) is 0 Å². The van der Waals surface area contributed by atoms with Gasteiger partial charge >= 0.3 is 0 Å². The first-order valence-corrected chi connectivity index (χ1v) is 10.4. The molecule has 2 aromatic rings. The predicted molar refractivity (Wildman–Crippen MR) is 116 cm³/mol. The van der Waals surface area contributed by atoms with E-state index in [1.807, 2.05) is 48.5 Å². The Kier molecular flexibility index (Phi) is 5.77. The quantitative estimate of drug-likeness (QED) is 0.705. The average Bonchev–Trinajstić information content (AvgIpc) is 3.51. The number of hydrazone groups is 1. The number of ether oxygens (including phenoxy) is 1. The fourth-order valence-electron chi connectivity index (χ4n) is 3.68. The Hall–Kier alpha value is -2.86. The van der Waals surface area contributed by atoms with Crippen molar-refractivity contribution in [2.75, 3.05) is 20.7 Å². The number of hydrogen-bond acceptors (Lipinski definition) is 4. The standard InChI is InChI=1S/C23H24ClN3O3/c1-26(23(29)16-7-8-16)14-22(28)27-21(15-9-11-17(30-2)12-10-15)13-20(25-27)18-5-3-4-6-19(18)24/h3-6,9-12,16,21H,7-8,13-14H2,1-2H3. The molecule has 2 aromatic carbocycles. The molecule has 2 amide bonds. The zero-order valence-electron chi connectivity index (χ0n) is 17.0. The van der Waals surface area contributed by atoms with Crippen LogP contribution in [0.5, 0.6) is 5.75 Å². The molecule has 0 bridgehead atoms. The Balaban J connectivity index is 1.61. The van der Waals surface area contributed by atoms with Crippen molar-refractivity contribution in [2.24, 2.45) is 11.0 Å². The summed E-state index contributed by atoms with van der Waals surface area (Å²) in [6.07, 6.45) is 2.36. The van der Waals surface area contributed by atoms with E-state index in [4.69, 9.17) is 16.3 Å². The number of likely N-dealkylation sites (N-methyl/N-ethyl adjacent to an activating group) is 1. The van der Waals surface area contributed by atoms with Crippen molar-refractivity contribution < 1.29 is 14.3 Å². The molecule has 7 heteroatoms. The van der Waals surface area contributed by atoms with Crippen LogP contribution in [0.1, 0.15) is 36.4 Å². The van der Waals surface area contributed by atoms with Crippen LogP contribution in [0.25, 0.3) is 0 Å². The van der Waals surface area contributed by atoms with Crippen molar-refractivity contribution in [1.82, 2.24) is 9.91 Å². The number of amides is 2. The first-order chi connectivity index (χ1) is 14.5. The summed E-state index contributed by atoms with van der Waals surface area (Å²) < 4.78 is 5.25. The van der Waals surface area contributed by atoms with Crippen LogP contribution < -0.4 is 4.74 Å². The molecular formula is C23H24ClN3O3. The normalized spacial score (nSPS) is 18.2. The molecule has 1 aliphatic heterocycles. The molecule has 1 atom stereocenters. The summed E-state index contributed by atoms with van der Waals surface area (Å²) in [5.74, 6) is 0.630.